The summed E-state index contributed by atoms with van der Waals surface area (Å²) in [6, 6.07) is 9.02. The zero-order chi connectivity index (χ0) is 14.5. The van der Waals surface area contributed by atoms with Gasteiger partial charge in [0.2, 0.25) is 0 Å². The highest BCUT2D eigenvalue weighted by Gasteiger charge is 2.42. The van der Waals surface area contributed by atoms with Crippen LogP contribution in [0.3, 0.4) is 0 Å². The van der Waals surface area contributed by atoms with Crippen LogP contribution in [0.4, 0.5) is 0 Å². The second-order valence-corrected chi connectivity index (χ2v) is 4.35. The SMILES string of the molecule is CCC(=O)OC[C@H]1OC(c2ccccc2)O[C@H]1C(=O)O. The minimum absolute atomic E-state index is 0.132. The highest BCUT2D eigenvalue weighted by atomic mass is 16.7. The molecule has 1 aromatic rings. The van der Waals surface area contributed by atoms with Crippen LogP contribution in [0.1, 0.15) is 25.2 Å². The molecule has 1 unspecified atom stereocenters. The highest BCUT2D eigenvalue weighted by Crippen LogP contribution is 2.31. The van der Waals surface area contributed by atoms with Gasteiger partial charge in [-0.15, -0.1) is 0 Å². The van der Waals surface area contributed by atoms with E-state index in [1.54, 1.807) is 19.1 Å². The van der Waals surface area contributed by atoms with E-state index < -0.39 is 30.4 Å². The van der Waals surface area contributed by atoms with Crippen LogP contribution in [0, 0.1) is 0 Å². The molecule has 20 heavy (non-hydrogen) atoms. The second-order valence-electron chi connectivity index (χ2n) is 4.35. The minimum Gasteiger partial charge on any atom is -0.479 e. The van der Waals surface area contributed by atoms with E-state index in [2.05, 4.69) is 0 Å². The monoisotopic (exact) mass is 280 g/mol. The van der Waals surface area contributed by atoms with Gasteiger partial charge in [0, 0.05) is 12.0 Å². The lowest BCUT2D eigenvalue weighted by Gasteiger charge is -2.13. The molecule has 108 valence electrons. The van der Waals surface area contributed by atoms with Gasteiger partial charge in [-0.05, 0) is 0 Å². The van der Waals surface area contributed by atoms with Crippen LogP contribution in [-0.4, -0.2) is 35.9 Å². The average Bonchev–Trinajstić information content (AvgIpc) is 2.90. The molecule has 0 aromatic heterocycles. The smallest absolute Gasteiger partial charge is 0.335 e. The third-order valence-corrected chi connectivity index (χ3v) is 2.92. The van der Waals surface area contributed by atoms with Crippen molar-refractivity contribution in [2.24, 2.45) is 0 Å². The summed E-state index contributed by atoms with van der Waals surface area (Å²) in [5, 5.41) is 9.13. The van der Waals surface area contributed by atoms with Crippen molar-refractivity contribution in [1.29, 1.82) is 0 Å². The number of benzene rings is 1. The molecule has 0 spiro atoms. The lowest BCUT2D eigenvalue weighted by Crippen LogP contribution is -2.35. The Morgan fingerprint density at radius 3 is 2.55 bits per heavy atom. The van der Waals surface area contributed by atoms with E-state index in [-0.39, 0.29) is 13.0 Å². The largest absolute Gasteiger partial charge is 0.479 e. The van der Waals surface area contributed by atoms with Crippen molar-refractivity contribution in [3.8, 4) is 0 Å². The molecule has 1 heterocycles. The summed E-state index contributed by atoms with van der Waals surface area (Å²) in [7, 11) is 0. The van der Waals surface area contributed by atoms with Crippen LogP contribution in [0.2, 0.25) is 0 Å². The maximum Gasteiger partial charge on any atom is 0.335 e. The maximum atomic E-state index is 11.2. The molecule has 0 bridgehead atoms. The Hall–Kier alpha value is -1.92. The number of carbonyl (C=O) groups is 2. The normalized spacial score (nSPS) is 25.4. The molecule has 1 fully saturated rings. The molecule has 6 nitrogen and oxygen atoms in total. The molecule has 1 saturated heterocycles. The van der Waals surface area contributed by atoms with E-state index in [0.717, 1.165) is 5.56 Å². The quantitative estimate of drug-likeness (QED) is 0.823. The van der Waals surface area contributed by atoms with E-state index in [9.17, 15) is 9.59 Å². The Kier molecular flexibility index (Phi) is 4.70. The summed E-state index contributed by atoms with van der Waals surface area (Å²) >= 11 is 0. The van der Waals surface area contributed by atoms with Crippen LogP contribution in [0.25, 0.3) is 0 Å². The summed E-state index contributed by atoms with van der Waals surface area (Å²) in [6.07, 6.45) is -2.49. The molecule has 1 aromatic carbocycles. The van der Waals surface area contributed by atoms with Crippen molar-refractivity contribution in [2.45, 2.75) is 31.8 Å². The van der Waals surface area contributed by atoms with E-state index in [4.69, 9.17) is 19.3 Å². The first-order chi connectivity index (χ1) is 9.61. The minimum atomic E-state index is -1.15. The predicted octanol–water partition coefficient (Wildman–Crippen LogP) is 1.51. The van der Waals surface area contributed by atoms with Crippen molar-refractivity contribution in [2.75, 3.05) is 6.61 Å². The van der Waals surface area contributed by atoms with Gasteiger partial charge >= 0.3 is 11.9 Å². The predicted molar refractivity (Wildman–Crippen MR) is 67.8 cm³/mol. The third-order valence-electron chi connectivity index (χ3n) is 2.92. The van der Waals surface area contributed by atoms with Gasteiger partial charge < -0.3 is 19.3 Å². The highest BCUT2D eigenvalue weighted by molar-refractivity contribution is 5.73. The molecule has 2 rings (SSSR count). The number of aliphatic carboxylic acids is 1. The number of hydrogen-bond acceptors (Lipinski definition) is 5. The van der Waals surface area contributed by atoms with Gasteiger partial charge in [-0.1, -0.05) is 37.3 Å². The second kappa shape index (κ2) is 6.49. The molecule has 0 amide bonds. The molecule has 1 N–H and O–H groups in total. The first-order valence-corrected chi connectivity index (χ1v) is 6.36. The molecule has 0 saturated carbocycles. The Bertz CT molecular complexity index is 472. The lowest BCUT2D eigenvalue weighted by molar-refractivity contribution is -0.153. The Balaban J connectivity index is 2.03. The number of rotatable bonds is 5. The number of carboxylic acid groups (broad SMARTS) is 1. The molecule has 0 radical (unpaired) electrons. The first-order valence-electron chi connectivity index (χ1n) is 6.36. The standard InChI is InChI=1S/C14H16O6/c1-2-11(15)18-8-10-12(13(16)17)20-14(19-10)9-6-4-3-5-7-9/h3-7,10,12,14H,2,8H2,1H3,(H,16,17)/t10-,12-,14?/m1/s1. The van der Waals surface area contributed by atoms with Crippen LogP contribution in [0.5, 0.6) is 0 Å². The fourth-order valence-corrected chi connectivity index (χ4v) is 1.87. The van der Waals surface area contributed by atoms with Crippen molar-refractivity contribution in [1.82, 2.24) is 0 Å². The molecule has 1 aliphatic rings. The first kappa shape index (κ1) is 14.5. The van der Waals surface area contributed by atoms with Crippen LogP contribution < -0.4 is 0 Å². The third kappa shape index (κ3) is 3.34. The number of hydrogen-bond donors (Lipinski definition) is 1. The fourth-order valence-electron chi connectivity index (χ4n) is 1.87. The topological polar surface area (TPSA) is 82.1 Å². The van der Waals surface area contributed by atoms with E-state index in [1.807, 2.05) is 18.2 Å². The number of ether oxygens (including phenoxy) is 3. The van der Waals surface area contributed by atoms with Crippen molar-refractivity contribution in [3.05, 3.63) is 35.9 Å². The van der Waals surface area contributed by atoms with E-state index in [0.29, 0.717) is 0 Å². The Morgan fingerprint density at radius 1 is 1.25 bits per heavy atom. The van der Waals surface area contributed by atoms with Gasteiger partial charge in [0.1, 0.15) is 12.7 Å². The van der Waals surface area contributed by atoms with Crippen molar-refractivity contribution < 1.29 is 28.9 Å². The number of carbonyl (C=O) groups excluding carboxylic acids is 1. The van der Waals surface area contributed by atoms with E-state index in [1.165, 1.54) is 0 Å². The summed E-state index contributed by atoms with van der Waals surface area (Å²) in [6.45, 7) is 1.53. The van der Waals surface area contributed by atoms with Gasteiger partial charge in [-0.3, -0.25) is 4.79 Å². The van der Waals surface area contributed by atoms with Gasteiger partial charge in [-0.2, -0.15) is 0 Å². The zero-order valence-corrected chi connectivity index (χ0v) is 11.0. The molecule has 0 aliphatic carbocycles. The number of carboxylic acids is 1. The molecule has 1 aliphatic heterocycles. The summed E-state index contributed by atoms with van der Waals surface area (Å²) in [4.78, 5) is 22.3. The lowest BCUT2D eigenvalue weighted by atomic mass is 10.2. The van der Waals surface area contributed by atoms with Crippen molar-refractivity contribution in [3.63, 3.8) is 0 Å². The van der Waals surface area contributed by atoms with Crippen LogP contribution in [-0.2, 0) is 23.8 Å². The van der Waals surface area contributed by atoms with Crippen molar-refractivity contribution >= 4 is 11.9 Å². The van der Waals surface area contributed by atoms with E-state index >= 15 is 0 Å². The summed E-state index contributed by atoms with van der Waals surface area (Å²) < 4.78 is 15.8. The maximum absolute atomic E-state index is 11.2. The molecular weight excluding hydrogens is 264 g/mol. The average molecular weight is 280 g/mol. The van der Waals surface area contributed by atoms with Gasteiger partial charge in [0.05, 0.1) is 0 Å². The van der Waals surface area contributed by atoms with Gasteiger partial charge in [0.25, 0.3) is 0 Å². The van der Waals surface area contributed by atoms with Gasteiger partial charge in [0.15, 0.2) is 12.4 Å². The number of esters is 1. The zero-order valence-electron chi connectivity index (χ0n) is 11.0. The molecular formula is C14H16O6. The Morgan fingerprint density at radius 2 is 1.95 bits per heavy atom. The van der Waals surface area contributed by atoms with Gasteiger partial charge in [-0.25, -0.2) is 4.79 Å². The fraction of sp³-hybridized carbons (Fsp3) is 0.429. The summed E-state index contributed by atoms with van der Waals surface area (Å²) in [5.41, 5.74) is 0.725. The molecule has 6 heteroatoms. The Labute approximate surface area is 116 Å². The summed E-state index contributed by atoms with van der Waals surface area (Å²) in [5.74, 6) is -1.54. The van der Waals surface area contributed by atoms with Crippen LogP contribution >= 0.6 is 0 Å². The van der Waals surface area contributed by atoms with Crippen LogP contribution in [0.15, 0.2) is 30.3 Å². The molecule has 3 atom stereocenters.